The summed E-state index contributed by atoms with van der Waals surface area (Å²) in [5.74, 6) is 0.739. The van der Waals surface area contributed by atoms with Gasteiger partial charge in [0.15, 0.2) is 6.61 Å². The monoisotopic (exact) mass is 272 g/mol. The van der Waals surface area contributed by atoms with Gasteiger partial charge in [-0.15, -0.1) is 0 Å². The Morgan fingerprint density at radius 3 is 2.40 bits per heavy atom. The van der Waals surface area contributed by atoms with E-state index in [0.717, 1.165) is 31.5 Å². The molecule has 1 aliphatic heterocycles. The van der Waals surface area contributed by atoms with Crippen molar-refractivity contribution >= 4 is 5.91 Å². The highest BCUT2D eigenvalue weighted by atomic mass is 16.5. The van der Waals surface area contributed by atoms with Crippen LogP contribution in [-0.2, 0) is 11.2 Å². The number of likely N-dealkylation sites (tertiary alicyclic amines) is 1. The molecule has 0 aromatic heterocycles. The first-order chi connectivity index (χ1) is 9.79. The molecule has 1 aliphatic rings. The van der Waals surface area contributed by atoms with Gasteiger partial charge in [0.25, 0.3) is 5.91 Å². The molecular formula is C16H20N2O2. The van der Waals surface area contributed by atoms with Crippen molar-refractivity contribution in [2.45, 2.75) is 32.1 Å². The zero-order valence-corrected chi connectivity index (χ0v) is 11.7. The highest BCUT2D eigenvalue weighted by Gasteiger charge is 2.15. The van der Waals surface area contributed by atoms with E-state index in [2.05, 4.69) is 6.07 Å². The predicted octanol–water partition coefficient (Wildman–Crippen LogP) is 2.53. The third kappa shape index (κ3) is 4.27. The van der Waals surface area contributed by atoms with Crippen molar-refractivity contribution in [3.8, 4) is 11.8 Å². The SMILES string of the molecule is N#CCc1ccc(OCC(=O)N2CCCCCC2)cc1. The minimum absolute atomic E-state index is 0.0630. The zero-order chi connectivity index (χ0) is 14.2. The molecule has 1 aromatic carbocycles. The van der Waals surface area contributed by atoms with Gasteiger partial charge in [0.2, 0.25) is 0 Å². The average molecular weight is 272 g/mol. The van der Waals surface area contributed by atoms with Gasteiger partial charge in [0.1, 0.15) is 5.75 Å². The van der Waals surface area contributed by atoms with Crippen LogP contribution in [0.15, 0.2) is 24.3 Å². The molecule has 0 unspecified atom stereocenters. The molecule has 1 aromatic rings. The molecule has 4 nitrogen and oxygen atoms in total. The Morgan fingerprint density at radius 2 is 1.80 bits per heavy atom. The first kappa shape index (κ1) is 14.4. The third-order valence-electron chi connectivity index (χ3n) is 3.53. The fourth-order valence-corrected chi connectivity index (χ4v) is 2.35. The maximum Gasteiger partial charge on any atom is 0.260 e. The summed E-state index contributed by atoms with van der Waals surface area (Å²) in [5.41, 5.74) is 0.957. The number of hydrogen-bond donors (Lipinski definition) is 0. The number of nitriles is 1. The number of nitrogens with zero attached hydrogens (tertiary/aromatic N) is 2. The molecule has 20 heavy (non-hydrogen) atoms. The maximum absolute atomic E-state index is 12.1. The lowest BCUT2D eigenvalue weighted by molar-refractivity contribution is -0.133. The highest BCUT2D eigenvalue weighted by Crippen LogP contribution is 2.14. The van der Waals surface area contributed by atoms with Crippen LogP contribution in [0.25, 0.3) is 0 Å². The minimum Gasteiger partial charge on any atom is -0.484 e. The van der Waals surface area contributed by atoms with Gasteiger partial charge in [-0.3, -0.25) is 4.79 Å². The molecule has 1 saturated heterocycles. The number of hydrogen-bond acceptors (Lipinski definition) is 3. The molecule has 2 rings (SSSR count). The summed E-state index contributed by atoms with van der Waals surface area (Å²) < 4.78 is 5.52. The van der Waals surface area contributed by atoms with Crippen LogP contribution < -0.4 is 4.74 Å². The molecular weight excluding hydrogens is 252 g/mol. The van der Waals surface area contributed by atoms with Gasteiger partial charge >= 0.3 is 0 Å². The van der Waals surface area contributed by atoms with Gasteiger partial charge in [0, 0.05) is 13.1 Å². The summed E-state index contributed by atoms with van der Waals surface area (Å²) >= 11 is 0. The molecule has 0 spiro atoms. The van der Waals surface area contributed by atoms with Crippen LogP contribution in [0.2, 0.25) is 0 Å². The second-order valence-corrected chi connectivity index (χ2v) is 5.06. The molecule has 4 heteroatoms. The van der Waals surface area contributed by atoms with Crippen LogP contribution in [0.1, 0.15) is 31.2 Å². The molecule has 1 heterocycles. The predicted molar refractivity (Wildman–Crippen MR) is 76.3 cm³/mol. The lowest BCUT2D eigenvalue weighted by atomic mass is 10.2. The average Bonchev–Trinajstić information content (AvgIpc) is 2.76. The number of carbonyl (C=O) groups excluding carboxylic acids is 1. The smallest absolute Gasteiger partial charge is 0.260 e. The molecule has 106 valence electrons. The fourth-order valence-electron chi connectivity index (χ4n) is 2.35. The van der Waals surface area contributed by atoms with Gasteiger partial charge < -0.3 is 9.64 Å². The third-order valence-corrected chi connectivity index (χ3v) is 3.53. The Morgan fingerprint density at radius 1 is 1.15 bits per heavy atom. The second-order valence-electron chi connectivity index (χ2n) is 5.06. The molecule has 0 aliphatic carbocycles. The van der Waals surface area contributed by atoms with Crippen molar-refractivity contribution in [2.75, 3.05) is 19.7 Å². The second kappa shape index (κ2) is 7.54. The van der Waals surface area contributed by atoms with Crippen LogP contribution in [0.3, 0.4) is 0 Å². The van der Waals surface area contributed by atoms with E-state index < -0.39 is 0 Å². The topological polar surface area (TPSA) is 53.3 Å². The van der Waals surface area contributed by atoms with E-state index in [0.29, 0.717) is 12.2 Å². The largest absolute Gasteiger partial charge is 0.484 e. The summed E-state index contributed by atoms with van der Waals surface area (Å²) in [6.07, 6.45) is 5.01. The molecule has 1 fully saturated rings. The van der Waals surface area contributed by atoms with Crippen molar-refractivity contribution in [2.24, 2.45) is 0 Å². The lowest BCUT2D eigenvalue weighted by Crippen LogP contribution is -2.35. The first-order valence-corrected chi connectivity index (χ1v) is 7.16. The van der Waals surface area contributed by atoms with E-state index in [4.69, 9.17) is 10.00 Å². The normalized spacial score (nSPS) is 15.2. The van der Waals surface area contributed by atoms with E-state index in [1.165, 1.54) is 12.8 Å². The van der Waals surface area contributed by atoms with Crippen LogP contribution in [0.5, 0.6) is 5.75 Å². The maximum atomic E-state index is 12.1. The Kier molecular flexibility index (Phi) is 5.43. The first-order valence-electron chi connectivity index (χ1n) is 7.16. The lowest BCUT2D eigenvalue weighted by Gasteiger charge is -2.20. The van der Waals surface area contributed by atoms with Gasteiger partial charge in [-0.1, -0.05) is 25.0 Å². The van der Waals surface area contributed by atoms with Crippen molar-refractivity contribution in [3.63, 3.8) is 0 Å². The van der Waals surface area contributed by atoms with Crippen LogP contribution >= 0.6 is 0 Å². The van der Waals surface area contributed by atoms with Crippen LogP contribution in [0.4, 0.5) is 0 Å². The van der Waals surface area contributed by atoms with Crippen LogP contribution in [0, 0.1) is 11.3 Å². The van der Waals surface area contributed by atoms with E-state index in [1.54, 1.807) is 0 Å². The Labute approximate surface area is 120 Å². The van der Waals surface area contributed by atoms with E-state index in [-0.39, 0.29) is 12.5 Å². The number of amides is 1. The number of benzene rings is 1. The van der Waals surface area contributed by atoms with Gasteiger partial charge in [-0.2, -0.15) is 5.26 Å². The van der Waals surface area contributed by atoms with Gasteiger partial charge in [-0.05, 0) is 30.5 Å². The Balaban J connectivity index is 1.81. The quantitative estimate of drug-likeness (QED) is 0.846. The van der Waals surface area contributed by atoms with Crippen molar-refractivity contribution in [1.29, 1.82) is 5.26 Å². The van der Waals surface area contributed by atoms with E-state index in [9.17, 15) is 4.79 Å². The number of ether oxygens (including phenoxy) is 1. The van der Waals surface area contributed by atoms with Crippen molar-refractivity contribution < 1.29 is 9.53 Å². The Bertz CT molecular complexity index is 468. The molecule has 0 bridgehead atoms. The fraction of sp³-hybridized carbons (Fsp3) is 0.500. The van der Waals surface area contributed by atoms with E-state index >= 15 is 0 Å². The van der Waals surface area contributed by atoms with Gasteiger partial charge in [0.05, 0.1) is 12.5 Å². The minimum atomic E-state index is 0.0630. The molecule has 0 radical (unpaired) electrons. The summed E-state index contributed by atoms with van der Waals surface area (Å²) in [4.78, 5) is 14.0. The number of carbonyl (C=O) groups is 1. The van der Waals surface area contributed by atoms with Gasteiger partial charge in [-0.25, -0.2) is 0 Å². The van der Waals surface area contributed by atoms with Crippen molar-refractivity contribution in [3.05, 3.63) is 29.8 Å². The zero-order valence-electron chi connectivity index (χ0n) is 11.7. The summed E-state index contributed by atoms with van der Waals surface area (Å²) in [5, 5.41) is 8.60. The van der Waals surface area contributed by atoms with Crippen molar-refractivity contribution in [1.82, 2.24) is 4.90 Å². The summed E-state index contributed by atoms with van der Waals surface area (Å²) in [6, 6.07) is 9.43. The highest BCUT2D eigenvalue weighted by molar-refractivity contribution is 5.77. The summed E-state index contributed by atoms with van der Waals surface area (Å²) in [6.45, 7) is 1.80. The standard InChI is InChI=1S/C16H20N2O2/c17-10-9-14-5-7-15(8-6-14)20-13-16(19)18-11-3-1-2-4-12-18/h5-8H,1-4,9,11-13H2. The molecule has 1 amide bonds. The molecule has 0 atom stereocenters. The number of rotatable bonds is 4. The Hall–Kier alpha value is -2.02. The molecule has 0 saturated carbocycles. The van der Waals surface area contributed by atoms with E-state index in [1.807, 2.05) is 29.2 Å². The molecule has 0 N–H and O–H groups in total. The summed E-state index contributed by atoms with van der Waals surface area (Å²) in [7, 11) is 0. The van der Waals surface area contributed by atoms with Crippen LogP contribution in [-0.4, -0.2) is 30.5 Å².